The van der Waals surface area contributed by atoms with Crippen LogP contribution in [0.3, 0.4) is 0 Å². The molecule has 0 aliphatic heterocycles. The van der Waals surface area contributed by atoms with Crippen LogP contribution in [0.2, 0.25) is 0 Å². The Morgan fingerprint density at radius 1 is 1.56 bits per heavy atom. The Labute approximate surface area is 116 Å². The monoisotopic (exact) mass is 285 g/mol. The van der Waals surface area contributed by atoms with Crippen molar-refractivity contribution in [2.45, 2.75) is 30.7 Å². The minimum atomic E-state index is 0.548. The van der Waals surface area contributed by atoms with Crippen LogP contribution >= 0.6 is 23.1 Å². The number of aromatic nitrogens is 2. The fourth-order valence-electron chi connectivity index (χ4n) is 1.67. The fraction of sp³-hybridized carbons (Fsp3) is 0.583. The molecule has 0 saturated heterocycles. The van der Waals surface area contributed by atoms with E-state index in [1.165, 1.54) is 5.69 Å². The molecule has 2 aromatic heterocycles. The molecule has 0 fully saturated rings. The molecule has 0 bridgehead atoms. The second kappa shape index (κ2) is 6.56. The minimum Gasteiger partial charge on any atom is -0.383 e. The molecule has 0 aromatic carbocycles. The predicted octanol–water partition coefficient (Wildman–Crippen LogP) is 2.63. The highest BCUT2D eigenvalue weighted by Gasteiger charge is 2.14. The van der Waals surface area contributed by atoms with E-state index >= 15 is 0 Å². The molecule has 0 atom stereocenters. The lowest BCUT2D eigenvalue weighted by atomic mass is 10.4. The normalized spacial score (nSPS) is 11.8. The highest BCUT2D eigenvalue weighted by molar-refractivity contribution is 7.99. The highest BCUT2D eigenvalue weighted by atomic mass is 32.2. The number of nitrogens with zero attached hydrogens (tertiary/aromatic N) is 2. The number of hydrogen-bond acceptors (Lipinski definition) is 5. The maximum Gasteiger partial charge on any atom is 0.194 e. The first-order chi connectivity index (χ1) is 8.72. The summed E-state index contributed by atoms with van der Waals surface area (Å²) in [5.41, 5.74) is 1.25. The van der Waals surface area contributed by atoms with Crippen LogP contribution in [0.5, 0.6) is 0 Å². The van der Waals surface area contributed by atoms with E-state index in [9.17, 15) is 0 Å². The van der Waals surface area contributed by atoms with Gasteiger partial charge in [0, 0.05) is 37.0 Å². The SMILES string of the molecule is COCCNCc1c(SC(C)C)nc2sccn12. The highest BCUT2D eigenvalue weighted by Crippen LogP contribution is 2.28. The third-order valence-electron chi connectivity index (χ3n) is 2.45. The van der Waals surface area contributed by atoms with E-state index in [0.29, 0.717) is 5.25 Å². The van der Waals surface area contributed by atoms with Gasteiger partial charge in [0.1, 0.15) is 5.03 Å². The first-order valence-electron chi connectivity index (χ1n) is 6.03. The van der Waals surface area contributed by atoms with Gasteiger partial charge in [-0.05, 0) is 0 Å². The van der Waals surface area contributed by atoms with Crippen molar-refractivity contribution in [1.82, 2.24) is 14.7 Å². The van der Waals surface area contributed by atoms with Gasteiger partial charge in [0.2, 0.25) is 0 Å². The van der Waals surface area contributed by atoms with E-state index in [2.05, 4.69) is 40.1 Å². The molecule has 4 nitrogen and oxygen atoms in total. The summed E-state index contributed by atoms with van der Waals surface area (Å²) in [6, 6.07) is 0. The van der Waals surface area contributed by atoms with Crippen LogP contribution in [0.25, 0.3) is 4.96 Å². The van der Waals surface area contributed by atoms with Crippen LogP contribution in [0.4, 0.5) is 0 Å². The van der Waals surface area contributed by atoms with Gasteiger partial charge in [-0.1, -0.05) is 13.8 Å². The molecule has 100 valence electrons. The molecule has 0 radical (unpaired) electrons. The Balaban J connectivity index is 2.13. The lowest BCUT2D eigenvalue weighted by Crippen LogP contribution is -2.19. The Morgan fingerprint density at radius 2 is 2.39 bits per heavy atom. The van der Waals surface area contributed by atoms with Crippen LogP contribution < -0.4 is 5.32 Å². The largest absolute Gasteiger partial charge is 0.383 e. The first kappa shape index (κ1) is 13.9. The standard InChI is InChI=1S/C12H19N3OS2/c1-9(2)18-11-10(8-13-4-6-16-3)15-5-7-17-12(15)14-11/h5,7,9,13H,4,6,8H2,1-3H3. The van der Waals surface area contributed by atoms with E-state index in [-0.39, 0.29) is 0 Å². The van der Waals surface area contributed by atoms with Crippen molar-refractivity contribution in [3.63, 3.8) is 0 Å². The predicted molar refractivity (Wildman–Crippen MR) is 77.6 cm³/mol. The smallest absolute Gasteiger partial charge is 0.194 e. The summed E-state index contributed by atoms with van der Waals surface area (Å²) < 4.78 is 7.22. The van der Waals surface area contributed by atoms with Crippen LogP contribution in [0, 0.1) is 0 Å². The van der Waals surface area contributed by atoms with Crippen molar-refractivity contribution >= 4 is 28.1 Å². The van der Waals surface area contributed by atoms with Crippen LogP contribution in [0.15, 0.2) is 16.6 Å². The van der Waals surface area contributed by atoms with Crippen molar-refractivity contribution in [1.29, 1.82) is 0 Å². The van der Waals surface area contributed by atoms with Gasteiger partial charge < -0.3 is 10.1 Å². The van der Waals surface area contributed by atoms with Gasteiger partial charge >= 0.3 is 0 Å². The third-order valence-corrected chi connectivity index (χ3v) is 4.23. The topological polar surface area (TPSA) is 38.6 Å². The Kier molecular flexibility index (Phi) is 5.05. The third kappa shape index (κ3) is 3.26. The molecule has 0 amide bonds. The first-order valence-corrected chi connectivity index (χ1v) is 7.79. The average molecular weight is 285 g/mol. The Morgan fingerprint density at radius 3 is 3.11 bits per heavy atom. The summed E-state index contributed by atoms with van der Waals surface area (Å²) in [4.78, 5) is 5.76. The summed E-state index contributed by atoms with van der Waals surface area (Å²) in [5, 5.41) is 7.15. The summed E-state index contributed by atoms with van der Waals surface area (Å²) in [6.45, 7) is 6.81. The number of ether oxygens (including phenoxy) is 1. The molecule has 6 heteroatoms. The Hall–Kier alpha value is -0.560. The molecule has 1 N–H and O–H groups in total. The number of methoxy groups -OCH3 is 1. The van der Waals surface area contributed by atoms with Crippen molar-refractivity contribution in [2.24, 2.45) is 0 Å². The van der Waals surface area contributed by atoms with E-state index < -0.39 is 0 Å². The molecule has 0 saturated carbocycles. The molecule has 0 unspecified atom stereocenters. The fourth-order valence-corrected chi connectivity index (χ4v) is 3.36. The maximum atomic E-state index is 5.04. The number of fused-ring (bicyclic) bond motifs is 1. The Bertz CT molecular complexity index is 492. The molecular formula is C12H19N3OS2. The average Bonchev–Trinajstić information content (AvgIpc) is 2.86. The number of nitrogens with one attached hydrogen (secondary N) is 1. The zero-order valence-corrected chi connectivity index (χ0v) is 12.6. The number of rotatable bonds is 7. The molecule has 0 spiro atoms. The molecule has 2 heterocycles. The minimum absolute atomic E-state index is 0.548. The number of thioether (sulfide) groups is 1. The van der Waals surface area contributed by atoms with Gasteiger partial charge in [-0.15, -0.1) is 23.1 Å². The number of hydrogen-bond donors (Lipinski definition) is 1. The van der Waals surface area contributed by atoms with Gasteiger partial charge in [-0.25, -0.2) is 4.98 Å². The van der Waals surface area contributed by atoms with E-state index in [0.717, 1.165) is 29.7 Å². The van der Waals surface area contributed by atoms with Gasteiger partial charge in [0.25, 0.3) is 0 Å². The molecule has 2 aromatic rings. The van der Waals surface area contributed by atoms with Crippen molar-refractivity contribution in [3.05, 3.63) is 17.3 Å². The lowest BCUT2D eigenvalue weighted by molar-refractivity contribution is 0.199. The molecule has 2 rings (SSSR count). The maximum absolute atomic E-state index is 5.04. The number of imidazole rings is 1. The van der Waals surface area contributed by atoms with Crippen molar-refractivity contribution < 1.29 is 4.74 Å². The van der Waals surface area contributed by atoms with Gasteiger partial charge in [-0.2, -0.15) is 0 Å². The van der Waals surface area contributed by atoms with Gasteiger partial charge in [0.15, 0.2) is 4.96 Å². The summed E-state index contributed by atoms with van der Waals surface area (Å²) >= 11 is 3.50. The van der Waals surface area contributed by atoms with E-state index in [1.54, 1.807) is 18.4 Å². The van der Waals surface area contributed by atoms with Crippen LogP contribution in [-0.4, -0.2) is 34.9 Å². The van der Waals surface area contributed by atoms with Crippen LogP contribution in [-0.2, 0) is 11.3 Å². The lowest BCUT2D eigenvalue weighted by Gasteiger charge is -2.07. The molecule has 18 heavy (non-hydrogen) atoms. The van der Waals surface area contributed by atoms with Crippen molar-refractivity contribution in [3.8, 4) is 0 Å². The van der Waals surface area contributed by atoms with Crippen molar-refractivity contribution in [2.75, 3.05) is 20.3 Å². The summed E-state index contributed by atoms with van der Waals surface area (Å²) in [7, 11) is 1.72. The second-order valence-electron chi connectivity index (χ2n) is 4.26. The van der Waals surface area contributed by atoms with E-state index in [4.69, 9.17) is 4.74 Å². The zero-order valence-electron chi connectivity index (χ0n) is 11.0. The summed E-state index contributed by atoms with van der Waals surface area (Å²) in [5.74, 6) is 0. The molecule has 0 aliphatic carbocycles. The van der Waals surface area contributed by atoms with Gasteiger partial charge in [-0.3, -0.25) is 4.40 Å². The quantitative estimate of drug-likeness (QED) is 0.627. The van der Waals surface area contributed by atoms with Gasteiger partial charge in [0.05, 0.1) is 12.3 Å². The zero-order chi connectivity index (χ0) is 13.0. The second-order valence-corrected chi connectivity index (χ2v) is 6.69. The number of thiazole rings is 1. The van der Waals surface area contributed by atoms with E-state index in [1.807, 2.05) is 11.8 Å². The molecular weight excluding hydrogens is 266 g/mol. The van der Waals surface area contributed by atoms with Crippen LogP contribution in [0.1, 0.15) is 19.5 Å². The summed E-state index contributed by atoms with van der Waals surface area (Å²) in [6.07, 6.45) is 2.09. The molecule has 0 aliphatic rings.